The van der Waals surface area contributed by atoms with Crippen molar-refractivity contribution in [1.29, 1.82) is 0 Å². The third kappa shape index (κ3) is 3.77. The van der Waals surface area contributed by atoms with E-state index >= 15 is 0 Å². The van der Waals surface area contributed by atoms with E-state index in [1.807, 2.05) is 12.1 Å². The average Bonchev–Trinajstić information content (AvgIpc) is 2.94. The predicted molar refractivity (Wildman–Crippen MR) is 79.8 cm³/mol. The molecule has 110 valence electrons. The Morgan fingerprint density at radius 2 is 2.10 bits per heavy atom. The van der Waals surface area contributed by atoms with Crippen molar-refractivity contribution >= 4 is 5.69 Å². The van der Waals surface area contributed by atoms with Gasteiger partial charge in [0.2, 0.25) is 0 Å². The number of rotatable bonds is 6. The van der Waals surface area contributed by atoms with Crippen molar-refractivity contribution in [2.24, 2.45) is 0 Å². The van der Waals surface area contributed by atoms with E-state index in [0.29, 0.717) is 18.2 Å². The molecule has 0 aromatic heterocycles. The summed E-state index contributed by atoms with van der Waals surface area (Å²) in [7, 11) is 0. The summed E-state index contributed by atoms with van der Waals surface area (Å²) in [5.74, 6) is 0. The van der Waals surface area contributed by atoms with Crippen molar-refractivity contribution in [1.82, 2.24) is 10.2 Å². The Morgan fingerprint density at radius 1 is 1.40 bits per heavy atom. The highest BCUT2D eigenvalue weighted by atomic mass is 16.6. The fraction of sp³-hybridized carbons (Fsp3) is 0.600. The summed E-state index contributed by atoms with van der Waals surface area (Å²) < 4.78 is 0. The molecule has 2 rings (SSSR count). The van der Waals surface area contributed by atoms with Gasteiger partial charge in [0.25, 0.3) is 5.69 Å². The van der Waals surface area contributed by atoms with E-state index in [4.69, 9.17) is 0 Å². The molecule has 1 N–H and O–H groups in total. The zero-order valence-corrected chi connectivity index (χ0v) is 12.3. The van der Waals surface area contributed by atoms with Gasteiger partial charge in [-0.2, -0.15) is 0 Å². The number of nitrogens with one attached hydrogen (secondary N) is 1. The van der Waals surface area contributed by atoms with Gasteiger partial charge in [-0.05, 0) is 45.3 Å². The first kappa shape index (κ1) is 14.9. The molecule has 0 saturated carbocycles. The maximum Gasteiger partial charge on any atom is 0.272 e. The Hall–Kier alpha value is -1.46. The van der Waals surface area contributed by atoms with Gasteiger partial charge in [0.1, 0.15) is 0 Å². The molecule has 1 aromatic carbocycles. The van der Waals surface area contributed by atoms with Gasteiger partial charge < -0.3 is 5.32 Å². The number of benzene rings is 1. The average molecular weight is 277 g/mol. The van der Waals surface area contributed by atoms with Gasteiger partial charge in [0, 0.05) is 30.8 Å². The SMILES string of the molecule is Cc1ccc(CNCC(C)N2CCCC2)cc1[N+](=O)[O-]. The number of aryl methyl sites for hydroxylation is 1. The minimum absolute atomic E-state index is 0.205. The standard InChI is InChI=1S/C15H23N3O2/c1-12-5-6-14(9-15(12)18(19)20)11-16-10-13(2)17-7-3-4-8-17/h5-6,9,13,16H,3-4,7-8,10-11H2,1-2H3. The number of nitrogens with zero attached hydrogens (tertiary/aromatic N) is 2. The lowest BCUT2D eigenvalue weighted by Gasteiger charge is -2.23. The number of nitro groups is 1. The fourth-order valence-corrected chi connectivity index (χ4v) is 2.70. The Bertz CT molecular complexity index is 470. The van der Waals surface area contributed by atoms with Crippen LogP contribution in [-0.2, 0) is 6.54 Å². The van der Waals surface area contributed by atoms with Crippen LogP contribution in [0.15, 0.2) is 18.2 Å². The number of hydrogen-bond donors (Lipinski definition) is 1. The molecule has 0 aliphatic carbocycles. The summed E-state index contributed by atoms with van der Waals surface area (Å²) in [5, 5.41) is 14.3. The lowest BCUT2D eigenvalue weighted by Crippen LogP contribution is -2.38. The molecule has 1 atom stereocenters. The number of nitro benzene ring substituents is 1. The van der Waals surface area contributed by atoms with E-state index in [1.54, 1.807) is 13.0 Å². The molecule has 1 aromatic rings. The molecule has 1 heterocycles. The lowest BCUT2D eigenvalue weighted by molar-refractivity contribution is -0.385. The smallest absolute Gasteiger partial charge is 0.272 e. The zero-order valence-electron chi connectivity index (χ0n) is 12.3. The predicted octanol–water partition coefficient (Wildman–Crippen LogP) is 2.48. The van der Waals surface area contributed by atoms with Gasteiger partial charge >= 0.3 is 0 Å². The van der Waals surface area contributed by atoms with E-state index < -0.39 is 0 Å². The highest BCUT2D eigenvalue weighted by Crippen LogP contribution is 2.19. The fourth-order valence-electron chi connectivity index (χ4n) is 2.70. The summed E-state index contributed by atoms with van der Waals surface area (Å²) in [6, 6.07) is 5.97. The molecule has 1 saturated heterocycles. The first-order valence-electron chi connectivity index (χ1n) is 7.26. The van der Waals surface area contributed by atoms with Crippen LogP contribution in [0.5, 0.6) is 0 Å². The summed E-state index contributed by atoms with van der Waals surface area (Å²) in [5.41, 5.74) is 1.89. The first-order chi connectivity index (χ1) is 9.58. The van der Waals surface area contributed by atoms with Crippen LogP contribution in [0, 0.1) is 17.0 Å². The molecule has 5 nitrogen and oxygen atoms in total. The van der Waals surface area contributed by atoms with E-state index in [1.165, 1.54) is 25.9 Å². The van der Waals surface area contributed by atoms with Gasteiger partial charge in [-0.15, -0.1) is 0 Å². The molecule has 0 radical (unpaired) electrons. The normalized spacial score (nSPS) is 17.3. The van der Waals surface area contributed by atoms with Gasteiger partial charge in [0.05, 0.1) is 4.92 Å². The highest BCUT2D eigenvalue weighted by molar-refractivity contribution is 5.42. The van der Waals surface area contributed by atoms with E-state index in [-0.39, 0.29) is 10.6 Å². The summed E-state index contributed by atoms with van der Waals surface area (Å²) in [6.45, 7) is 7.99. The van der Waals surface area contributed by atoms with Crippen LogP contribution in [0.2, 0.25) is 0 Å². The van der Waals surface area contributed by atoms with Crippen molar-refractivity contribution < 1.29 is 4.92 Å². The van der Waals surface area contributed by atoms with Gasteiger partial charge in [0.15, 0.2) is 0 Å². The molecule has 5 heteroatoms. The third-order valence-corrected chi connectivity index (χ3v) is 4.00. The number of likely N-dealkylation sites (tertiary alicyclic amines) is 1. The van der Waals surface area contributed by atoms with E-state index in [2.05, 4.69) is 17.1 Å². The molecule has 0 bridgehead atoms. The Kier molecular flexibility index (Phi) is 5.09. The summed E-state index contributed by atoms with van der Waals surface area (Å²) in [6.07, 6.45) is 2.60. The molecule has 1 aliphatic rings. The molecule has 1 fully saturated rings. The van der Waals surface area contributed by atoms with Crippen LogP contribution < -0.4 is 5.32 Å². The molecule has 1 unspecified atom stereocenters. The largest absolute Gasteiger partial charge is 0.311 e. The van der Waals surface area contributed by atoms with Gasteiger partial charge in [-0.3, -0.25) is 15.0 Å². The Labute approximate surface area is 120 Å². The molecule has 1 aliphatic heterocycles. The van der Waals surface area contributed by atoms with Crippen LogP contribution in [0.4, 0.5) is 5.69 Å². The van der Waals surface area contributed by atoms with Crippen molar-refractivity contribution in [2.75, 3.05) is 19.6 Å². The second kappa shape index (κ2) is 6.81. The van der Waals surface area contributed by atoms with Crippen LogP contribution in [-0.4, -0.2) is 35.5 Å². The van der Waals surface area contributed by atoms with Crippen LogP contribution in [0.25, 0.3) is 0 Å². The first-order valence-corrected chi connectivity index (χ1v) is 7.26. The van der Waals surface area contributed by atoms with Gasteiger partial charge in [-0.25, -0.2) is 0 Å². The minimum atomic E-state index is -0.314. The van der Waals surface area contributed by atoms with E-state index in [0.717, 1.165) is 12.1 Å². The second-order valence-corrected chi connectivity index (χ2v) is 5.60. The second-order valence-electron chi connectivity index (χ2n) is 5.60. The lowest BCUT2D eigenvalue weighted by atomic mass is 10.1. The Morgan fingerprint density at radius 3 is 2.75 bits per heavy atom. The topological polar surface area (TPSA) is 58.4 Å². The third-order valence-electron chi connectivity index (χ3n) is 4.00. The molecule has 0 amide bonds. The molecular weight excluding hydrogens is 254 g/mol. The number of hydrogen-bond acceptors (Lipinski definition) is 4. The maximum absolute atomic E-state index is 10.9. The van der Waals surface area contributed by atoms with Gasteiger partial charge in [-0.1, -0.05) is 12.1 Å². The highest BCUT2D eigenvalue weighted by Gasteiger charge is 2.17. The monoisotopic (exact) mass is 277 g/mol. The van der Waals surface area contributed by atoms with Crippen molar-refractivity contribution in [3.8, 4) is 0 Å². The summed E-state index contributed by atoms with van der Waals surface area (Å²) >= 11 is 0. The molecule has 0 spiro atoms. The van der Waals surface area contributed by atoms with Crippen LogP contribution in [0.3, 0.4) is 0 Å². The zero-order chi connectivity index (χ0) is 14.5. The van der Waals surface area contributed by atoms with E-state index in [9.17, 15) is 10.1 Å². The minimum Gasteiger partial charge on any atom is -0.311 e. The van der Waals surface area contributed by atoms with Crippen molar-refractivity contribution in [3.05, 3.63) is 39.4 Å². The van der Waals surface area contributed by atoms with Crippen LogP contribution in [0.1, 0.15) is 30.9 Å². The van der Waals surface area contributed by atoms with Crippen LogP contribution >= 0.6 is 0 Å². The maximum atomic E-state index is 10.9. The van der Waals surface area contributed by atoms with Crippen molar-refractivity contribution in [2.45, 2.75) is 39.3 Å². The van der Waals surface area contributed by atoms with Crippen molar-refractivity contribution in [3.63, 3.8) is 0 Å². The summed E-state index contributed by atoms with van der Waals surface area (Å²) in [4.78, 5) is 13.1. The molecule has 20 heavy (non-hydrogen) atoms. The quantitative estimate of drug-likeness (QED) is 0.641. The Balaban J connectivity index is 1.84. The molecular formula is C15H23N3O2.